The summed E-state index contributed by atoms with van der Waals surface area (Å²) in [5.74, 6) is -0.481. The van der Waals surface area contributed by atoms with Crippen LogP contribution in [0.4, 0.5) is 0 Å². The zero-order valence-electron chi connectivity index (χ0n) is 77.9. The van der Waals surface area contributed by atoms with Gasteiger partial charge in [0.15, 0.2) is 17.4 Å². The van der Waals surface area contributed by atoms with Gasteiger partial charge in [-0.25, -0.2) is 14.4 Å². The van der Waals surface area contributed by atoms with Gasteiger partial charge in [-0.3, -0.25) is 0 Å². The number of carbonyl (C=O) groups excluding carboxylic acids is 3. The lowest BCUT2D eigenvalue weighted by molar-refractivity contribution is -0.148. The zero-order valence-corrected chi connectivity index (χ0v) is 80.9. The van der Waals surface area contributed by atoms with Gasteiger partial charge in [0, 0.05) is 59.7 Å². The molecule has 664 valence electrons. The number of rotatable bonds is 34. The minimum absolute atomic E-state index is 0.0822. The highest BCUT2D eigenvalue weighted by Gasteiger charge is 2.46. The second-order valence-corrected chi connectivity index (χ2v) is 57.0. The molecular formula is C101H152O16Si3. The highest BCUT2D eigenvalue weighted by molar-refractivity contribution is 6.76. The van der Waals surface area contributed by atoms with Crippen molar-refractivity contribution < 1.29 is 76.7 Å². The summed E-state index contributed by atoms with van der Waals surface area (Å²) in [5.41, 5.74) is 11.9. The van der Waals surface area contributed by atoms with Crippen LogP contribution in [0.5, 0.6) is 5.75 Å². The maximum Gasteiger partial charge on any atom is 0.338 e. The van der Waals surface area contributed by atoms with E-state index in [9.17, 15) is 24.6 Å². The van der Waals surface area contributed by atoms with E-state index in [1.807, 2.05) is 137 Å². The fourth-order valence-electron chi connectivity index (χ4n) is 17.2. The summed E-state index contributed by atoms with van der Waals surface area (Å²) in [5, 5.41) is 20.3. The van der Waals surface area contributed by atoms with Gasteiger partial charge in [0.1, 0.15) is 5.75 Å². The van der Waals surface area contributed by atoms with Crippen LogP contribution in [0.2, 0.25) is 77.1 Å². The molecule has 0 bridgehead atoms. The van der Waals surface area contributed by atoms with Crippen LogP contribution in [-0.2, 0) is 54.0 Å². The normalized spacial score (nSPS) is 25.7. The number of hydrogen-bond donors (Lipinski definition) is 2. The lowest BCUT2D eigenvalue weighted by Gasteiger charge is -2.22. The highest BCUT2D eigenvalue weighted by Crippen LogP contribution is 2.41. The minimum Gasteiger partial charge on any atom is -0.497 e. The van der Waals surface area contributed by atoms with Gasteiger partial charge in [0.2, 0.25) is 0 Å². The maximum absolute atomic E-state index is 13.2. The molecule has 15 atom stereocenters. The van der Waals surface area contributed by atoms with E-state index in [4.69, 9.17) is 52.1 Å². The lowest BCUT2D eigenvalue weighted by atomic mass is 9.94. The second-order valence-electron chi connectivity index (χ2n) is 40.2. The van der Waals surface area contributed by atoms with E-state index >= 15 is 0 Å². The van der Waals surface area contributed by atoms with Crippen molar-refractivity contribution in [2.45, 2.75) is 337 Å². The van der Waals surface area contributed by atoms with Crippen LogP contribution in [-0.4, -0.2) is 152 Å². The quantitative estimate of drug-likeness (QED) is 0.0194. The molecule has 4 aromatic carbocycles. The number of aliphatic hydroxyl groups is 2. The standard InChI is InChI=1S/C39H56O6Si.2C31H48O5Si/c1-27-24-29(3)36(38(40)42-22-23-46(7,8)9)32(25-27)13-11-15-35-37(45-39(4,5)44-35)28(2)16-19-31-12-10-14-34(31)43-26-30-17-20-33(41-6)21-18-30;2*1-21-19-23(3)28(30(33)34-17-18-37(6,7)8)25(20-21)12-10-14-27-29(36-31(4,5)35-27)22(2)15-16-24-11-9-13-26(24)32/h11,13,16-21,24-25,28,31,34-35,37H,10,12,14-15,22-23,26H2,1-9H3;2*10,12,15-16,19-20,22,24,26-27,29,32H,9,11,13-14,17-18H2,1-8H3/b13-11+,19-16-;2*12-10+,16-15-/t28?,31-,34+,35?,37?;2*22?,24?,26?,27-,29+/m110/s1. The molecule has 0 spiro atoms. The molecule has 4 aromatic rings. The van der Waals surface area contributed by atoms with Crippen molar-refractivity contribution in [3.8, 4) is 5.75 Å². The van der Waals surface area contributed by atoms with Crippen LogP contribution in [0, 0.1) is 77.0 Å². The molecule has 10 rings (SSSR count). The summed E-state index contributed by atoms with van der Waals surface area (Å²) in [6.07, 6.45) is 36.4. The molecule has 3 saturated heterocycles. The monoisotopic (exact) mass is 1710 g/mol. The summed E-state index contributed by atoms with van der Waals surface area (Å²) < 4.78 is 66.8. The predicted octanol–water partition coefficient (Wildman–Crippen LogP) is 23.5. The third kappa shape index (κ3) is 31.5. The molecule has 6 aliphatic rings. The Labute approximate surface area is 725 Å². The SMILES string of the molecule is COc1ccc(CO[C@H]2CCC[C@@H]2/C=C\C(C)C2OC(C)(C)OC2C/C=C/c2cc(C)cc(C)c2C(=O)OCC[Si](C)(C)C)cc1.Cc1cc(C)c(C(=O)OCC[Si](C)(C)C)c(/C=C/C[C@@H]2OC(C)(C)O[C@@H]2C(C)/C=C\C2CCCC2O)c1.Cc1cc(C)c(C(=O)OCC[Si](C)(C)C)c(/C=C/C[C@H]2OC(C)(C)O[C@H]2C(C)/C=C\C2CCCC2O)c1. The number of methoxy groups -OCH3 is 1. The van der Waals surface area contributed by atoms with E-state index in [1.54, 1.807) is 7.11 Å². The molecule has 3 aliphatic heterocycles. The van der Waals surface area contributed by atoms with Gasteiger partial charge >= 0.3 is 17.9 Å². The highest BCUT2D eigenvalue weighted by atomic mass is 28.3. The predicted molar refractivity (Wildman–Crippen MR) is 496 cm³/mol. The number of hydrogen-bond acceptors (Lipinski definition) is 16. The van der Waals surface area contributed by atoms with Gasteiger partial charge in [0.05, 0.1) is 105 Å². The minimum atomic E-state index is -1.29. The largest absolute Gasteiger partial charge is 0.497 e. The first-order valence-corrected chi connectivity index (χ1v) is 56.0. The van der Waals surface area contributed by atoms with Crippen LogP contribution < -0.4 is 4.74 Å². The van der Waals surface area contributed by atoms with Crippen molar-refractivity contribution in [2.24, 2.45) is 35.5 Å². The Kier molecular flexibility index (Phi) is 36.9. The number of aliphatic hydroxyl groups excluding tert-OH is 2. The van der Waals surface area contributed by atoms with E-state index in [2.05, 4.69) is 160 Å². The molecule has 3 heterocycles. The van der Waals surface area contributed by atoms with Crippen molar-refractivity contribution >= 4 is 60.4 Å². The molecule has 0 aromatic heterocycles. The number of benzene rings is 4. The van der Waals surface area contributed by atoms with Gasteiger partial charge in [-0.2, -0.15) is 0 Å². The molecule has 0 amide bonds. The Morgan fingerprint density at radius 1 is 0.442 bits per heavy atom. The first-order valence-electron chi connectivity index (χ1n) is 44.8. The maximum atomic E-state index is 13.2. The summed E-state index contributed by atoms with van der Waals surface area (Å²) in [4.78, 5) is 39.2. The Bertz CT molecular complexity index is 4010. The van der Waals surface area contributed by atoms with Gasteiger partial charge < -0.3 is 62.3 Å². The van der Waals surface area contributed by atoms with Crippen LogP contribution in [0.15, 0.2) is 115 Å². The molecule has 16 nitrogen and oxygen atoms in total. The summed E-state index contributed by atoms with van der Waals surface area (Å²) in [6, 6.07) is 23.2. The number of ether oxygens (including phenoxy) is 11. The average Bonchev–Trinajstić information content (AvgIpc) is 1.82. The topological polar surface area (TPSA) is 193 Å². The average molecular weight is 1710 g/mol. The van der Waals surface area contributed by atoms with Crippen LogP contribution in [0.1, 0.15) is 226 Å². The van der Waals surface area contributed by atoms with Gasteiger partial charge in [-0.05, 0) is 210 Å². The van der Waals surface area contributed by atoms with Gasteiger partial charge in [-0.15, -0.1) is 0 Å². The smallest absolute Gasteiger partial charge is 0.338 e. The van der Waals surface area contributed by atoms with Gasteiger partial charge in [-0.1, -0.05) is 237 Å². The molecule has 6 fully saturated rings. The van der Waals surface area contributed by atoms with E-state index < -0.39 is 41.6 Å². The van der Waals surface area contributed by atoms with Crippen molar-refractivity contribution in [1.29, 1.82) is 0 Å². The summed E-state index contributed by atoms with van der Waals surface area (Å²) >= 11 is 0. The molecule has 3 aliphatic carbocycles. The zero-order chi connectivity index (χ0) is 88.2. The van der Waals surface area contributed by atoms with Crippen molar-refractivity contribution in [1.82, 2.24) is 0 Å². The Balaban J connectivity index is 0.000000226. The van der Waals surface area contributed by atoms with Crippen molar-refractivity contribution in [3.05, 3.63) is 188 Å². The second kappa shape index (κ2) is 44.6. The molecule has 2 N–H and O–H groups in total. The Morgan fingerprint density at radius 2 is 0.750 bits per heavy atom. The lowest BCUT2D eigenvalue weighted by Crippen LogP contribution is -2.28. The summed E-state index contributed by atoms with van der Waals surface area (Å²) in [7, 11) is -2.16. The first-order chi connectivity index (χ1) is 56.3. The fourth-order valence-corrected chi connectivity index (χ4v) is 19.4. The fraction of sp³-hybridized carbons (Fsp3) is 0.614. The molecule has 19 heteroatoms. The van der Waals surface area contributed by atoms with Gasteiger partial charge in [0.25, 0.3) is 0 Å². The van der Waals surface area contributed by atoms with E-state index in [1.165, 1.54) is 6.42 Å². The van der Waals surface area contributed by atoms with E-state index in [0.29, 0.717) is 68.3 Å². The third-order valence-electron chi connectivity index (χ3n) is 23.8. The molecule has 0 radical (unpaired) electrons. The Morgan fingerprint density at radius 3 is 1.05 bits per heavy atom. The number of carbonyl (C=O) groups is 3. The van der Waals surface area contributed by atoms with E-state index in [-0.39, 0.29) is 102 Å². The molecule has 9 unspecified atom stereocenters. The van der Waals surface area contributed by atoms with Crippen LogP contribution in [0.3, 0.4) is 0 Å². The molecular weight excluding hydrogens is 1550 g/mol. The number of esters is 3. The third-order valence-corrected chi connectivity index (χ3v) is 28.9. The van der Waals surface area contributed by atoms with E-state index in [0.717, 1.165) is 131 Å². The number of aryl methyl sites for hydroxylation is 6. The van der Waals surface area contributed by atoms with Crippen molar-refractivity contribution in [3.63, 3.8) is 0 Å². The Hall–Kier alpha value is -6.18. The van der Waals surface area contributed by atoms with Crippen LogP contribution in [0.25, 0.3) is 18.2 Å². The first kappa shape index (κ1) is 99.2. The van der Waals surface area contributed by atoms with Crippen molar-refractivity contribution in [2.75, 3.05) is 26.9 Å². The molecule has 3 saturated carbocycles. The molecule has 120 heavy (non-hydrogen) atoms. The summed E-state index contributed by atoms with van der Waals surface area (Å²) in [6.45, 7) is 53.0. The van der Waals surface area contributed by atoms with Crippen LogP contribution >= 0.6 is 0 Å².